The van der Waals surface area contributed by atoms with Gasteiger partial charge in [-0.05, 0) is 50.8 Å². The molecule has 29 heavy (non-hydrogen) atoms. The third-order valence-corrected chi connectivity index (χ3v) is 5.45. The first-order valence-electron chi connectivity index (χ1n) is 9.62. The highest BCUT2D eigenvalue weighted by Gasteiger charge is 2.38. The normalized spacial score (nSPS) is 21.8. The molecule has 4 atom stereocenters. The van der Waals surface area contributed by atoms with Gasteiger partial charge in [-0.1, -0.05) is 0 Å². The van der Waals surface area contributed by atoms with Crippen LogP contribution in [0, 0.1) is 11.6 Å². The van der Waals surface area contributed by atoms with E-state index >= 15 is 0 Å². The van der Waals surface area contributed by atoms with Crippen molar-refractivity contribution < 1.29 is 28.5 Å². The summed E-state index contributed by atoms with van der Waals surface area (Å²) >= 11 is 6.10. The maximum absolute atomic E-state index is 13.5. The van der Waals surface area contributed by atoms with Crippen molar-refractivity contribution in [2.24, 2.45) is 0 Å². The molecule has 1 heterocycles. The lowest BCUT2D eigenvalue weighted by Gasteiger charge is -2.32. The van der Waals surface area contributed by atoms with Crippen molar-refractivity contribution in [2.45, 2.75) is 69.9 Å². The van der Waals surface area contributed by atoms with Gasteiger partial charge in [-0.2, -0.15) is 0 Å². The topological polar surface area (TPSA) is 82.0 Å². The van der Waals surface area contributed by atoms with Gasteiger partial charge >= 0.3 is 0 Å². The first kappa shape index (κ1) is 24.0. The highest BCUT2D eigenvalue weighted by atomic mass is 35.5. The highest BCUT2D eigenvalue weighted by Crippen LogP contribution is 2.23. The average Bonchev–Trinajstić information content (AvgIpc) is 3.05. The van der Waals surface area contributed by atoms with Crippen LogP contribution in [0.2, 0.25) is 0 Å². The Labute approximate surface area is 174 Å². The minimum atomic E-state index is -1.08. The highest BCUT2D eigenvalue weighted by molar-refractivity contribution is 6.21. The lowest BCUT2D eigenvalue weighted by atomic mass is 9.95. The van der Waals surface area contributed by atoms with E-state index in [0.29, 0.717) is 26.0 Å². The number of ether oxygens (including phenoxy) is 1. The number of rotatable bonds is 9. The van der Waals surface area contributed by atoms with Gasteiger partial charge in [-0.25, -0.2) is 13.2 Å². The molecule has 0 aliphatic carbocycles. The van der Waals surface area contributed by atoms with E-state index in [1.54, 1.807) is 13.8 Å². The Bertz CT molecular complexity index is 681. The zero-order chi connectivity index (χ0) is 21.8. The van der Waals surface area contributed by atoms with Crippen molar-refractivity contribution >= 4 is 17.7 Å². The number of benzene rings is 1. The van der Waals surface area contributed by atoms with Crippen LogP contribution in [-0.4, -0.2) is 63.6 Å². The third kappa shape index (κ3) is 7.46. The molecule has 6 nitrogen and oxygen atoms in total. The number of aliphatic hydroxyl groups is 2. The lowest BCUT2D eigenvalue weighted by molar-refractivity contribution is -0.127. The van der Waals surface area contributed by atoms with Gasteiger partial charge in [-0.3, -0.25) is 4.79 Å². The summed E-state index contributed by atoms with van der Waals surface area (Å²) in [7, 11) is 0. The Morgan fingerprint density at radius 1 is 1.38 bits per heavy atom. The minimum Gasteiger partial charge on any atom is -0.390 e. The monoisotopic (exact) mass is 434 g/mol. The molecule has 0 bridgehead atoms. The summed E-state index contributed by atoms with van der Waals surface area (Å²) in [5.74, 6) is -1.96. The Morgan fingerprint density at radius 3 is 2.55 bits per heavy atom. The number of nitrogens with zero attached hydrogens (tertiary/aromatic N) is 1. The summed E-state index contributed by atoms with van der Waals surface area (Å²) < 4.78 is 33.7. The van der Waals surface area contributed by atoms with Gasteiger partial charge in [0, 0.05) is 44.0 Å². The van der Waals surface area contributed by atoms with Crippen LogP contribution in [0.25, 0.3) is 0 Å². The minimum absolute atomic E-state index is 0.0126. The van der Waals surface area contributed by atoms with Crippen LogP contribution in [0.5, 0.6) is 0 Å². The first-order valence-corrected chi connectivity index (χ1v) is 9.96. The molecule has 0 spiro atoms. The number of nitrogens with one attached hydrogen (secondary N) is 1. The summed E-state index contributed by atoms with van der Waals surface area (Å²) in [6.07, 6.45) is -0.300. The SMILES string of the molecule is CC(=O)N(Cl)[C@@H](Cc1cc(F)cc(F)c1)[C@H](O)[C@H]1C[C@@H](OCCC(C)(C)O)CN1. The molecule has 1 aromatic carbocycles. The van der Waals surface area contributed by atoms with Gasteiger partial charge in [0.05, 0.1) is 23.9 Å². The largest absolute Gasteiger partial charge is 0.390 e. The Balaban J connectivity index is 2.04. The zero-order valence-corrected chi connectivity index (χ0v) is 17.6. The second-order valence-electron chi connectivity index (χ2n) is 8.18. The van der Waals surface area contributed by atoms with Gasteiger partial charge in [0.1, 0.15) is 11.6 Å². The lowest BCUT2D eigenvalue weighted by Crippen LogP contribution is -2.50. The van der Waals surface area contributed by atoms with Gasteiger partial charge in [-0.15, -0.1) is 0 Å². The number of carbonyl (C=O) groups excluding carboxylic acids is 1. The number of hydrogen-bond donors (Lipinski definition) is 3. The van der Waals surface area contributed by atoms with Crippen LogP contribution < -0.4 is 5.32 Å². The fraction of sp³-hybridized carbons (Fsp3) is 0.650. The predicted octanol–water partition coefficient (Wildman–Crippen LogP) is 2.15. The van der Waals surface area contributed by atoms with Crippen LogP contribution in [0.3, 0.4) is 0 Å². The molecule has 9 heteroatoms. The van der Waals surface area contributed by atoms with Crippen molar-refractivity contribution in [2.75, 3.05) is 13.2 Å². The van der Waals surface area contributed by atoms with Gasteiger partial charge in [0.2, 0.25) is 5.91 Å². The van der Waals surface area contributed by atoms with Gasteiger partial charge < -0.3 is 20.3 Å². The molecule has 1 amide bonds. The summed E-state index contributed by atoms with van der Waals surface area (Å²) in [5, 5.41) is 23.8. The van der Waals surface area contributed by atoms with E-state index < -0.39 is 41.3 Å². The smallest absolute Gasteiger partial charge is 0.234 e. The van der Waals surface area contributed by atoms with Gasteiger partial charge in [0.15, 0.2) is 0 Å². The predicted molar refractivity (Wildman–Crippen MR) is 105 cm³/mol. The second kappa shape index (κ2) is 10.1. The fourth-order valence-electron chi connectivity index (χ4n) is 3.40. The second-order valence-corrected chi connectivity index (χ2v) is 8.54. The zero-order valence-electron chi connectivity index (χ0n) is 16.9. The van der Waals surface area contributed by atoms with Gasteiger partial charge in [0.25, 0.3) is 0 Å². The third-order valence-electron chi connectivity index (χ3n) is 4.96. The van der Waals surface area contributed by atoms with E-state index in [1.165, 1.54) is 6.92 Å². The molecular formula is C20H29ClF2N2O4. The number of aliphatic hydroxyl groups excluding tert-OH is 1. The Kier molecular flexibility index (Phi) is 8.37. The molecule has 164 valence electrons. The van der Waals surface area contributed by atoms with E-state index in [1.807, 2.05) is 0 Å². The van der Waals surface area contributed by atoms with E-state index in [4.69, 9.17) is 16.5 Å². The summed E-state index contributed by atoms with van der Waals surface area (Å²) in [6, 6.07) is 1.76. The maximum atomic E-state index is 13.5. The molecule has 0 aromatic heterocycles. The molecule has 1 saturated heterocycles. The fourth-order valence-corrected chi connectivity index (χ4v) is 3.59. The number of carbonyl (C=O) groups is 1. The first-order chi connectivity index (χ1) is 13.5. The number of amides is 1. The molecule has 0 saturated carbocycles. The molecule has 1 aliphatic heterocycles. The van der Waals surface area contributed by atoms with Crippen molar-refractivity contribution in [3.8, 4) is 0 Å². The summed E-state index contributed by atoms with van der Waals surface area (Å²) in [6.45, 7) is 5.53. The molecule has 1 aliphatic rings. The molecule has 1 fully saturated rings. The van der Waals surface area contributed by atoms with Crippen LogP contribution in [0.1, 0.15) is 39.2 Å². The van der Waals surface area contributed by atoms with Crippen LogP contribution in [-0.2, 0) is 16.0 Å². The number of hydrogen-bond acceptors (Lipinski definition) is 5. The van der Waals surface area contributed by atoms with Crippen LogP contribution >= 0.6 is 11.8 Å². The van der Waals surface area contributed by atoms with E-state index in [9.17, 15) is 23.8 Å². The maximum Gasteiger partial charge on any atom is 0.234 e. The molecule has 3 N–H and O–H groups in total. The molecular weight excluding hydrogens is 406 g/mol. The van der Waals surface area contributed by atoms with E-state index in [-0.39, 0.29) is 18.1 Å². The van der Waals surface area contributed by atoms with E-state index in [0.717, 1.165) is 22.6 Å². The van der Waals surface area contributed by atoms with Crippen molar-refractivity contribution in [3.63, 3.8) is 0 Å². The molecule has 1 aromatic rings. The molecule has 0 unspecified atom stereocenters. The Morgan fingerprint density at radius 2 is 2.00 bits per heavy atom. The van der Waals surface area contributed by atoms with Crippen LogP contribution in [0.15, 0.2) is 18.2 Å². The number of halogens is 3. The van der Waals surface area contributed by atoms with Crippen LogP contribution in [0.4, 0.5) is 8.78 Å². The summed E-state index contributed by atoms with van der Waals surface area (Å²) in [5.41, 5.74) is -0.536. The molecule has 2 rings (SSSR count). The standard InChI is InChI=1S/C20H29ClF2N2O4/c1-12(26)25(21)18(8-13-6-14(22)9-15(23)7-13)19(27)17-10-16(11-24-17)29-5-4-20(2,3)28/h6-7,9,16-19,24,27-28H,4-5,8,10-11H2,1-3H3/t16-,17-,18+,19-/m1/s1. The van der Waals surface area contributed by atoms with Crippen molar-refractivity contribution in [1.82, 2.24) is 9.74 Å². The van der Waals surface area contributed by atoms with Crippen molar-refractivity contribution in [3.05, 3.63) is 35.4 Å². The average molecular weight is 435 g/mol. The van der Waals surface area contributed by atoms with Crippen molar-refractivity contribution in [1.29, 1.82) is 0 Å². The van der Waals surface area contributed by atoms with E-state index in [2.05, 4.69) is 5.32 Å². The Hall–Kier alpha value is -1.32. The quantitative estimate of drug-likeness (QED) is 0.519. The summed E-state index contributed by atoms with van der Waals surface area (Å²) in [4.78, 5) is 11.8. The molecule has 0 radical (unpaired) electrons.